The van der Waals surface area contributed by atoms with Crippen molar-refractivity contribution >= 4 is 0 Å². The highest BCUT2D eigenvalue weighted by Crippen LogP contribution is 2.27. The number of aromatic nitrogens is 2. The molecular weight excluding hydrogens is 221 g/mol. The molecule has 0 spiro atoms. The summed E-state index contributed by atoms with van der Waals surface area (Å²) in [6, 6.07) is 0.342. The lowest BCUT2D eigenvalue weighted by Gasteiger charge is -2.42. The molecule has 2 aliphatic rings. The Balaban J connectivity index is 1.65. The van der Waals surface area contributed by atoms with Gasteiger partial charge in [0.05, 0.1) is 31.5 Å². The first-order valence-corrected chi connectivity index (χ1v) is 6.20. The fourth-order valence-electron chi connectivity index (χ4n) is 2.59. The Labute approximate surface area is 100 Å². The first-order valence-electron chi connectivity index (χ1n) is 6.20. The Hall–Kier alpha value is -0.940. The third-order valence-corrected chi connectivity index (χ3v) is 3.75. The van der Waals surface area contributed by atoms with Gasteiger partial charge >= 0.3 is 0 Å². The zero-order chi connectivity index (χ0) is 11.8. The molecule has 2 fully saturated rings. The van der Waals surface area contributed by atoms with Gasteiger partial charge in [-0.2, -0.15) is 5.10 Å². The SMILES string of the molecule is Cc1cnn([C@H]2CCN(C3COC3)C[C@@H]2F)c1. The predicted octanol–water partition coefficient (Wildman–Crippen LogP) is 1.18. The molecule has 0 N–H and O–H groups in total. The highest BCUT2D eigenvalue weighted by atomic mass is 19.1. The van der Waals surface area contributed by atoms with Gasteiger partial charge in [0.1, 0.15) is 6.17 Å². The molecule has 3 rings (SSSR count). The molecule has 2 saturated heterocycles. The standard InChI is InChI=1S/C12H18FN3O/c1-9-4-14-16(5-9)12-2-3-15(6-11(12)13)10-7-17-8-10/h4-5,10-12H,2-3,6-8H2,1H3/t11-,12-/m0/s1. The van der Waals surface area contributed by atoms with E-state index >= 15 is 0 Å². The molecule has 1 aromatic heterocycles. The quantitative estimate of drug-likeness (QED) is 0.776. The molecular formula is C12H18FN3O. The lowest BCUT2D eigenvalue weighted by atomic mass is 10.0. The minimum absolute atomic E-state index is 0.0963. The molecule has 3 heterocycles. The average Bonchev–Trinajstić information content (AvgIpc) is 2.62. The monoisotopic (exact) mass is 239 g/mol. The molecule has 1 aromatic rings. The number of aryl methyl sites for hydroxylation is 1. The molecule has 0 aromatic carbocycles. The van der Waals surface area contributed by atoms with E-state index in [4.69, 9.17) is 4.74 Å². The van der Waals surface area contributed by atoms with E-state index in [-0.39, 0.29) is 6.04 Å². The maximum absolute atomic E-state index is 14.2. The van der Waals surface area contributed by atoms with Crippen molar-refractivity contribution in [3.63, 3.8) is 0 Å². The molecule has 17 heavy (non-hydrogen) atoms. The molecule has 0 bridgehead atoms. The Kier molecular flexibility index (Phi) is 2.88. The van der Waals surface area contributed by atoms with Crippen LogP contribution in [0, 0.1) is 6.92 Å². The molecule has 2 atom stereocenters. The first kappa shape index (κ1) is 11.2. The van der Waals surface area contributed by atoms with Gasteiger partial charge in [0.15, 0.2) is 0 Å². The van der Waals surface area contributed by atoms with Crippen LogP contribution >= 0.6 is 0 Å². The largest absolute Gasteiger partial charge is 0.378 e. The average molecular weight is 239 g/mol. The van der Waals surface area contributed by atoms with Crippen LogP contribution in [0.5, 0.6) is 0 Å². The number of piperidine rings is 1. The number of hydrogen-bond acceptors (Lipinski definition) is 3. The molecule has 0 aliphatic carbocycles. The zero-order valence-electron chi connectivity index (χ0n) is 10.1. The summed E-state index contributed by atoms with van der Waals surface area (Å²) >= 11 is 0. The summed E-state index contributed by atoms with van der Waals surface area (Å²) in [5.41, 5.74) is 1.09. The van der Waals surface area contributed by atoms with Gasteiger partial charge in [0, 0.05) is 19.3 Å². The first-order chi connectivity index (χ1) is 8.24. The van der Waals surface area contributed by atoms with Crippen LogP contribution in [0.15, 0.2) is 12.4 Å². The molecule has 4 nitrogen and oxygen atoms in total. The van der Waals surface area contributed by atoms with Crippen LogP contribution in [-0.2, 0) is 4.74 Å². The molecule has 0 saturated carbocycles. The van der Waals surface area contributed by atoms with E-state index in [0.29, 0.717) is 12.6 Å². The summed E-state index contributed by atoms with van der Waals surface area (Å²) in [5, 5.41) is 4.23. The number of ether oxygens (including phenoxy) is 1. The smallest absolute Gasteiger partial charge is 0.135 e. The summed E-state index contributed by atoms with van der Waals surface area (Å²) in [6.45, 7) is 4.96. The Morgan fingerprint density at radius 2 is 2.29 bits per heavy atom. The highest BCUT2D eigenvalue weighted by Gasteiger charge is 2.36. The number of rotatable bonds is 2. The van der Waals surface area contributed by atoms with Crippen LogP contribution in [0.4, 0.5) is 4.39 Å². The third-order valence-electron chi connectivity index (χ3n) is 3.75. The van der Waals surface area contributed by atoms with Crippen LogP contribution in [0.2, 0.25) is 0 Å². The number of hydrogen-bond donors (Lipinski definition) is 0. The minimum atomic E-state index is -0.830. The number of alkyl halides is 1. The van der Waals surface area contributed by atoms with Gasteiger partial charge in [-0.1, -0.05) is 0 Å². The van der Waals surface area contributed by atoms with Crippen LogP contribution < -0.4 is 0 Å². The van der Waals surface area contributed by atoms with Crippen molar-refractivity contribution in [2.75, 3.05) is 26.3 Å². The van der Waals surface area contributed by atoms with Crippen molar-refractivity contribution < 1.29 is 9.13 Å². The second kappa shape index (κ2) is 4.38. The Morgan fingerprint density at radius 1 is 1.47 bits per heavy atom. The summed E-state index contributed by atoms with van der Waals surface area (Å²) in [5.74, 6) is 0. The predicted molar refractivity (Wildman–Crippen MR) is 61.7 cm³/mol. The normalized spacial score (nSPS) is 31.4. The van der Waals surface area contributed by atoms with Crippen molar-refractivity contribution in [1.82, 2.24) is 14.7 Å². The van der Waals surface area contributed by atoms with Crippen LogP contribution in [0.3, 0.4) is 0 Å². The van der Waals surface area contributed by atoms with Crippen LogP contribution in [0.25, 0.3) is 0 Å². The van der Waals surface area contributed by atoms with Gasteiger partial charge in [0.2, 0.25) is 0 Å². The van der Waals surface area contributed by atoms with Gasteiger partial charge in [0.25, 0.3) is 0 Å². The molecule has 0 radical (unpaired) electrons. The second-order valence-electron chi connectivity index (χ2n) is 5.06. The molecule has 2 aliphatic heterocycles. The summed E-state index contributed by atoms with van der Waals surface area (Å²) < 4.78 is 21.1. The lowest BCUT2D eigenvalue weighted by Crippen LogP contribution is -2.55. The number of likely N-dealkylation sites (tertiary alicyclic amines) is 1. The molecule has 5 heteroatoms. The maximum Gasteiger partial charge on any atom is 0.135 e. The van der Waals surface area contributed by atoms with Crippen molar-refractivity contribution in [3.8, 4) is 0 Å². The van der Waals surface area contributed by atoms with E-state index in [9.17, 15) is 4.39 Å². The van der Waals surface area contributed by atoms with E-state index in [1.807, 2.05) is 13.1 Å². The molecule has 0 amide bonds. The zero-order valence-corrected chi connectivity index (χ0v) is 10.1. The lowest BCUT2D eigenvalue weighted by molar-refractivity contribution is -0.0847. The van der Waals surface area contributed by atoms with E-state index in [1.54, 1.807) is 10.9 Å². The molecule has 0 unspecified atom stereocenters. The Bertz CT molecular complexity index is 391. The van der Waals surface area contributed by atoms with E-state index in [2.05, 4.69) is 10.00 Å². The number of nitrogens with zero attached hydrogens (tertiary/aromatic N) is 3. The van der Waals surface area contributed by atoms with Gasteiger partial charge in [-0.15, -0.1) is 0 Å². The molecule has 94 valence electrons. The summed E-state index contributed by atoms with van der Waals surface area (Å²) in [7, 11) is 0. The van der Waals surface area contributed by atoms with Crippen molar-refractivity contribution in [1.29, 1.82) is 0 Å². The fourth-order valence-corrected chi connectivity index (χ4v) is 2.59. The second-order valence-corrected chi connectivity index (χ2v) is 5.06. The van der Waals surface area contributed by atoms with Gasteiger partial charge in [-0.3, -0.25) is 9.58 Å². The third kappa shape index (κ3) is 2.09. The number of halogens is 1. The van der Waals surface area contributed by atoms with Gasteiger partial charge in [-0.25, -0.2) is 4.39 Å². The Morgan fingerprint density at radius 3 is 2.82 bits per heavy atom. The van der Waals surface area contributed by atoms with E-state index < -0.39 is 6.17 Å². The summed E-state index contributed by atoms with van der Waals surface area (Å²) in [6.07, 6.45) is 3.72. The highest BCUT2D eigenvalue weighted by molar-refractivity contribution is 5.02. The van der Waals surface area contributed by atoms with Crippen molar-refractivity contribution in [3.05, 3.63) is 18.0 Å². The maximum atomic E-state index is 14.2. The van der Waals surface area contributed by atoms with Crippen LogP contribution in [0.1, 0.15) is 18.0 Å². The van der Waals surface area contributed by atoms with Crippen molar-refractivity contribution in [2.45, 2.75) is 31.6 Å². The summed E-state index contributed by atoms with van der Waals surface area (Å²) in [4.78, 5) is 2.21. The van der Waals surface area contributed by atoms with Gasteiger partial charge < -0.3 is 4.74 Å². The van der Waals surface area contributed by atoms with E-state index in [1.165, 1.54) is 0 Å². The minimum Gasteiger partial charge on any atom is -0.378 e. The fraction of sp³-hybridized carbons (Fsp3) is 0.750. The van der Waals surface area contributed by atoms with E-state index in [0.717, 1.165) is 31.7 Å². The van der Waals surface area contributed by atoms with Crippen molar-refractivity contribution in [2.24, 2.45) is 0 Å². The van der Waals surface area contributed by atoms with Crippen LogP contribution in [-0.4, -0.2) is 53.2 Å². The topological polar surface area (TPSA) is 30.3 Å². The van der Waals surface area contributed by atoms with Gasteiger partial charge in [-0.05, 0) is 18.9 Å².